The van der Waals surface area contributed by atoms with E-state index < -0.39 is 22.2 Å². The molecule has 2 N–H and O–H groups in total. The van der Waals surface area contributed by atoms with Crippen molar-refractivity contribution in [3.63, 3.8) is 0 Å². The van der Waals surface area contributed by atoms with Gasteiger partial charge in [0.2, 0.25) is 0 Å². The van der Waals surface area contributed by atoms with Crippen LogP contribution in [0.1, 0.15) is 60.7 Å². The van der Waals surface area contributed by atoms with Crippen molar-refractivity contribution in [3.05, 3.63) is 107 Å². The standard InChI is InChI=1S/C30H36N4O2S2.C2HF3O2/c1-2-34-29(23-27(31-34)22-24-10-5-3-6-11-24)26-15-18-33(19-16-26)20-17-28(25-12-7-4-8-13-25)32-38(35,36)30-14-9-21-37-30;3-2(4,5)1(6)7/h3-14,21,23,26,28,32H,2,15-20,22H2,1H3;(H,6,7)/t28-;/m0./s1. The van der Waals surface area contributed by atoms with Crippen molar-refractivity contribution < 1.29 is 31.5 Å². The van der Waals surface area contributed by atoms with Gasteiger partial charge in [0.25, 0.3) is 10.0 Å². The van der Waals surface area contributed by atoms with E-state index in [4.69, 9.17) is 15.0 Å². The van der Waals surface area contributed by atoms with Crippen molar-refractivity contribution in [1.29, 1.82) is 0 Å². The van der Waals surface area contributed by atoms with Crippen LogP contribution in [0.25, 0.3) is 0 Å². The minimum absolute atomic E-state index is 0.261. The number of carboxylic acids is 1. The third-order valence-corrected chi connectivity index (χ3v) is 10.5. The van der Waals surface area contributed by atoms with Crippen molar-refractivity contribution in [2.75, 3.05) is 19.6 Å². The zero-order valence-corrected chi connectivity index (χ0v) is 26.5. The van der Waals surface area contributed by atoms with Crippen LogP contribution in [-0.2, 0) is 27.8 Å². The molecule has 13 heteroatoms. The second-order valence-electron chi connectivity index (χ2n) is 10.8. The summed E-state index contributed by atoms with van der Waals surface area (Å²) in [5.74, 6) is -2.25. The van der Waals surface area contributed by atoms with Crippen LogP contribution in [0, 0.1) is 0 Å². The number of aliphatic carboxylic acids is 1. The van der Waals surface area contributed by atoms with Crippen LogP contribution in [0.2, 0.25) is 0 Å². The molecule has 45 heavy (non-hydrogen) atoms. The number of benzene rings is 2. The predicted molar refractivity (Wildman–Crippen MR) is 168 cm³/mol. The van der Waals surface area contributed by atoms with E-state index in [1.807, 2.05) is 36.4 Å². The largest absolute Gasteiger partial charge is 0.490 e. The quantitative estimate of drug-likeness (QED) is 0.191. The van der Waals surface area contributed by atoms with Crippen LogP contribution in [0.3, 0.4) is 0 Å². The van der Waals surface area contributed by atoms with Gasteiger partial charge in [0, 0.05) is 30.6 Å². The molecule has 1 atom stereocenters. The Kier molecular flexibility index (Phi) is 12.0. The molecular weight excluding hydrogens is 626 g/mol. The number of halogens is 3. The third kappa shape index (κ3) is 9.98. The smallest absolute Gasteiger partial charge is 0.475 e. The van der Waals surface area contributed by atoms with Crippen molar-refractivity contribution in [2.24, 2.45) is 0 Å². The van der Waals surface area contributed by atoms with E-state index in [0.717, 1.165) is 63.1 Å². The summed E-state index contributed by atoms with van der Waals surface area (Å²) < 4.78 is 63.2. The maximum Gasteiger partial charge on any atom is 0.490 e. The summed E-state index contributed by atoms with van der Waals surface area (Å²) in [6.45, 7) is 5.91. The first-order valence-electron chi connectivity index (χ1n) is 14.7. The van der Waals surface area contributed by atoms with Gasteiger partial charge >= 0.3 is 12.1 Å². The Morgan fingerprint density at radius 2 is 1.67 bits per heavy atom. The first kappa shape index (κ1) is 34.4. The highest BCUT2D eigenvalue weighted by Gasteiger charge is 2.38. The Bertz CT molecular complexity index is 1590. The average molecular weight is 663 g/mol. The second kappa shape index (κ2) is 15.7. The second-order valence-corrected chi connectivity index (χ2v) is 13.7. The molecule has 1 saturated heterocycles. The Balaban J connectivity index is 0.000000591. The highest BCUT2D eigenvalue weighted by Crippen LogP contribution is 2.30. The number of nitrogens with zero attached hydrogens (tertiary/aromatic N) is 3. The van der Waals surface area contributed by atoms with Crippen molar-refractivity contribution in [2.45, 2.75) is 61.5 Å². The molecule has 1 aliphatic heterocycles. The van der Waals surface area contributed by atoms with Gasteiger partial charge in [-0.2, -0.15) is 18.3 Å². The van der Waals surface area contributed by atoms with Crippen molar-refractivity contribution in [3.8, 4) is 0 Å². The number of nitrogens with one attached hydrogen (secondary N) is 1. The molecule has 1 fully saturated rings. The van der Waals surface area contributed by atoms with Crippen LogP contribution in [0.4, 0.5) is 13.2 Å². The number of piperidine rings is 1. The van der Waals surface area contributed by atoms with E-state index >= 15 is 0 Å². The molecule has 0 aliphatic carbocycles. The molecule has 5 rings (SSSR count). The number of thiophene rings is 1. The molecule has 242 valence electrons. The number of rotatable bonds is 11. The fourth-order valence-electron chi connectivity index (χ4n) is 5.36. The number of carboxylic acid groups (broad SMARTS) is 1. The summed E-state index contributed by atoms with van der Waals surface area (Å²) in [4.78, 5) is 11.4. The highest BCUT2D eigenvalue weighted by molar-refractivity contribution is 7.91. The predicted octanol–water partition coefficient (Wildman–Crippen LogP) is 6.48. The minimum atomic E-state index is -5.08. The zero-order chi connectivity index (χ0) is 32.5. The molecule has 2 aromatic heterocycles. The monoisotopic (exact) mass is 662 g/mol. The summed E-state index contributed by atoms with van der Waals surface area (Å²) in [7, 11) is -3.55. The van der Waals surface area contributed by atoms with Gasteiger partial charge in [0.1, 0.15) is 4.21 Å². The first-order chi connectivity index (χ1) is 21.5. The molecule has 0 radical (unpaired) electrons. The van der Waals surface area contributed by atoms with Crippen molar-refractivity contribution >= 4 is 27.3 Å². The Hall–Kier alpha value is -3.52. The maximum absolute atomic E-state index is 13.0. The summed E-state index contributed by atoms with van der Waals surface area (Å²) in [5, 5.41) is 13.8. The normalized spacial score (nSPS) is 15.3. The third-order valence-electron chi connectivity index (χ3n) is 7.63. The minimum Gasteiger partial charge on any atom is -0.475 e. The fraction of sp³-hybridized carbons (Fsp3) is 0.375. The Morgan fingerprint density at radius 1 is 1.04 bits per heavy atom. The van der Waals surface area contributed by atoms with Gasteiger partial charge in [-0.1, -0.05) is 66.7 Å². The highest BCUT2D eigenvalue weighted by atomic mass is 32.2. The molecule has 0 amide bonds. The topological polar surface area (TPSA) is 105 Å². The maximum atomic E-state index is 13.0. The Labute approximate surface area is 265 Å². The summed E-state index contributed by atoms with van der Waals surface area (Å²) >= 11 is 1.25. The number of aromatic nitrogens is 2. The van der Waals surface area contributed by atoms with Gasteiger partial charge in [-0.25, -0.2) is 17.9 Å². The molecule has 2 aromatic carbocycles. The van der Waals surface area contributed by atoms with E-state index in [-0.39, 0.29) is 6.04 Å². The molecule has 0 saturated carbocycles. The molecule has 3 heterocycles. The lowest BCUT2D eigenvalue weighted by Crippen LogP contribution is -2.37. The van der Waals surface area contributed by atoms with Gasteiger partial charge in [-0.15, -0.1) is 11.3 Å². The zero-order valence-electron chi connectivity index (χ0n) is 24.9. The number of aryl methyl sites for hydroxylation is 1. The van der Waals surface area contributed by atoms with E-state index in [1.165, 1.54) is 22.6 Å². The number of alkyl halides is 3. The Morgan fingerprint density at radius 3 is 2.22 bits per heavy atom. The molecule has 0 bridgehead atoms. The molecule has 4 aromatic rings. The lowest BCUT2D eigenvalue weighted by atomic mass is 9.92. The van der Waals surface area contributed by atoms with Crippen LogP contribution in [0.15, 0.2) is 88.5 Å². The van der Waals surface area contributed by atoms with E-state index in [1.54, 1.807) is 17.5 Å². The lowest BCUT2D eigenvalue weighted by Gasteiger charge is -2.33. The van der Waals surface area contributed by atoms with Gasteiger partial charge in [-0.05, 0) is 74.5 Å². The number of hydrogen-bond acceptors (Lipinski definition) is 6. The number of hydrogen-bond donors (Lipinski definition) is 2. The summed E-state index contributed by atoms with van der Waals surface area (Å²) in [5.41, 5.74) is 4.78. The van der Waals surface area contributed by atoms with Crippen molar-refractivity contribution in [1.82, 2.24) is 19.4 Å². The van der Waals surface area contributed by atoms with Crippen LogP contribution >= 0.6 is 11.3 Å². The average Bonchev–Trinajstić information content (AvgIpc) is 3.72. The molecule has 0 spiro atoms. The lowest BCUT2D eigenvalue weighted by molar-refractivity contribution is -0.192. The number of sulfonamides is 1. The first-order valence-corrected chi connectivity index (χ1v) is 17.1. The summed E-state index contributed by atoms with van der Waals surface area (Å²) in [6, 6.07) is 25.9. The summed E-state index contributed by atoms with van der Waals surface area (Å²) in [6.07, 6.45) is -1.31. The molecule has 1 aliphatic rings. The molecular formula is C32H37F3N4O4S2. The van der Waals surface area contributed by atoms with Gasteiger partial charge in [-0.3, -0.25) is 4.68 Å². The SMILES string of the molecule is CCn1nc(Cc2ccccc2)cc1C1CCN(CC[C@H](NS(=O)(=O)c2cccs2)c2ccccc2)CC1.O=C(O)C(F)(F)F. The van der Waals surface area contributed by atoms with E-state index in [0.29, 0.717) is 10.1 Å². The van der Waals surface area contributed by atoms with Gasteiger partial charge in [0.05, 0.1) is 5.69 Å². The van der Waals surface area contributed by atoms with Gasteiger partial charge < -0.3 is 10.0 Å². The van der Waals surface area contributed by atoms with Crippen LogP contribution in [-0.4, -0.2) is 60.0 Å². The number of carbonyl (C=O) groups is 1. The van der Waals surface area contributed by atoms with Gasteiger partial charge in [0.15, 0.2) is 0 Å². The molecule has 0 unspecified atom stereocenters. The van der Waals surface area contributed by atoms with Crippen LogP contribution in [0.5, 0.6) is 0 Å². The van der Waals surface area contributed by atoms with E-state index in [9.17, 15) is 21.6 Å². The molecule has 8 nitrogen and oxygen atoms in total. The van der Waals surface area contributed by atoms with Crippen LogP contribution < -0.4 is 4.72 Å². The number of likely N-dealkylation sites (tertiary alicyclic amines) is 1. The fourth-order valence-corrected chi connectivity index (χ4v) is 7.63. The van der Waals surface area contributed by atoms with E-state index in [2.05, 4.69) is 51.6 Å².